The van der Waals surface area contributed by atoms with Crippen LogP contribution < -0.4 is 10.3 Å². The lowest BCUT2D eigenvalue weighted by molar-refractivity contribution is 0.454. The zero-order valence-corrected chi connectivity index (χ0v) is 13.9. The molecule has 7 nitrogen and oxygen atoms in total. The standard InChI is InChI=1S/C16H19N3O4S/c20-15-8-6-13(18-19-15)14-7-9-16(23-14)24(21,22)17-11-10-12-4-2-1-3-5-12/h4,6-9,17H,1-3,5,10-11H2,(H,19,20). The molecule has 0 unspecified atom stereocenters. The molecule has 1 aliphatic rings. The number of nitrogens with zero attached hydrogens (tertiary/aromatic N) is 1. The molecular weight excluding hydrogens is 330 g/mol. The molecule has 2 aromatic heterocycles. The Balaban J connectivity index is 1.65. The molecule has 0 saturated heterocycles. The monoisotopic (exact) mass is 349 g/mol. The first-order valence-corrected chi connectivity index (χ1v) is 9.36. The third kappa shape index (κ3) is 4.01. The molecule has 2 heterocycles. The van der Waals surface area contributed by atoms with Gasteiger partial charge in [0.05, 0.1) is 0 Å². The van der Waals surface area contributed by atoms with Crippen LogP contribution in [0.5, 0.6) is 0 Å². The lowest BCUT2D eigenvalue weighted by atomic mass is 9.97. The van der Waals surface area contributed by atoms with Crippen molar-refractivity contribution in [1.29, 1.82) is 0 Å². The van der Waals surface area contributed by atoms with E-state index in [1.54, 1.807) is 0 Å². The molecule has 0 fully saturated rings. The number of H-pyrrole nitrogens is 1. The lowest BCUT2D eigenvalue weighted by Gasteiger charge is -2.12. The van der Waals surface area contributed by atoms with E-state index >= 15 is 0 Å². The van der Waals surface area contributed by atoms with Gasteiger partial charge in [-0.25, -0.2) is 18.2 Å². The predicted octanol–water partition coefficient (Wildman–Crippen LogP) is 2.20. The highest BCUT2D eigenvalue weighted by molar-refractivity contribution is 7.89. The van der Waals surface area contributed by atoms with Gasteiger partial charge in [0.1, 0.15) is 5.69 Å². The van der Waals surface area contributed by atoms with Crippen molar-refractivity contribution in [3.05, 3.63) is 46.3 Å². The summed E-state index contributed by atoms with van der Waals surface area (Å²) in [5.41, 5.74) is 1.33. The highest BCUT2D eigenvalue weighted by Crippen LogP contribution is 2.22. The van der Waals surface area contributed by atoms with Gasteiger partial charge in [-0.15, -0.1) is 0 Å². The summed E-state index contributed by atoms with van der Waals surface area (Å²) in [7, 11) is -3.70. The third-order valence-corrected chi connectivity index (χ3v) is 5.23. The van der Waals surface area contributed by atoms with E-state index in [4.69, 9.17) is 4.42 Å². The zero-order chi connectivity index (χ0) is 17.0. The van der Waals surface area contributed by atoms with Crippen molar-refractivity contribution >= 4 is 10.0 Å². The summed E-state index contributed by atoms with van der Waals surface area (Å²) in [5, 5.41) is 5.93. The fraction of sp³-hybridized carbons (Fsp3) is 0.375. The van der Waals surface area contributed by atoms with Gasteiger partial charge in [-0.1, -0.05) is 11.6 Å². The van der Waals surface area contributed by atoms with Crippen LogP contribution in [0.1, 0.15) is 32.1 Å². The number of allylic oxidation sites excluding steroid dienone is 1. The Morgan fingerprint density at radius 1 is 1.21 bits per heavy atom. The van der Waals surface area contributed by atoms with E-state index in [9.17, 15) is 13.2 Å². The molecule has 2 aromatic rings. The minimum atomic E-state index is -3.70. The smallest absolute Gasteiger partial charge is 0.273 e. The van der Waals surface area contributed by atoms with E-state index in [0.29, 0.717) is 18.7 Å². The Morgan fingerprint density at radius 2 is 2.08 bits per heavy atom. The largest absolute Gasteiger partial charge is 0.442 e. The van der Waals surface area contributed by atoms with Gasteiger partial charge < -0.3 is 4.42 Å². The van der Waals surface area contributed by atoms with Gasteiger partial charge in [0.2, 0.25) is 5.09 Å². The van der Waals surface area contributed by atoms with Crippen LogP contribution in [-0.2, 0) is 10.0 Å². The average Bonchev–Trinajstić information content (AvgIpc) is 3.07. The number of sulfonamides is 1. The first kappa shape index (κ1) is 16.7. The summed E-state index contributed by atoms with van der Waals surface area (Å²) < 4.78 is 32.5. The molecule has 0 bridgehead atoms. The molecule has 1 aliphatic carbocycles. The molecule has 0 radical (unpaired) electrons. The Morgan fingerprint density at radius 3 is 2.79 bits per heavy atom. The van der Waals surface area contributed by atoms with Crippen LogP contribution in [0.4, 0.5) is 0 Å². The molecule has 0 aliphatic heterocycles. The normalized spacial score (nSPS) is 15.2. The Bertz CT molecular complexity index is 876. The topological polar surface area (TPSA) is 105 Å². The van der Waals surface area contributed by atoms with Crippen molar-refractivity contribution in [2.24, 2.45) is 0 Å². The van der Waals surface area contributed by atoms with Crippen LogP contribution in [0.15, 0.2) is 50.2 Å². The van der Waals surface area contributed by atoms with Crippen molar-refractivity contribution in [2.75, 3.05) is 6.54 Å². The van der Waals surface area contributed by atoms with Crippen molar-refractivity contribution in [3.63, 3.8) is 0 Å². The quantitative estimate of drug-likeness (QED) is 0.778. The van der Waals surface area contributed by atoms with Gasteiger partial charge in [-0.2, -0.15) is 5.10 Å². The fourth-order valence-corrected chi connectivity index (χ4v) is 3.59. The highest BCUT2D eigenvalue weighted by Gasteiger charge is 2.19. The molecule has 0 atom stereocenters. The van der Waals surface area contributed by atoms with Crippen LogP contribution in [-0.4, -0.2) is 25.2 Å². The van der Waals surface area contributed by atoms with Crippen molar-refractivity contribution in [2.45, 2.75) is 37.2 Å². The van der Waals surface area contributed by atoms with Gasteiger partial charge in [-0.05, 0) is 50.3 Å². The van der Waals surface area contributed by atoms with Crippen LogP contribution >= 0.6 is 0 Å². The number of hydrogen-bond acceptors (Lipinski definition) is 5. The number of furan rings is 1. The van der Waals surface area contributed by atoms with Crippen LogP contribution in [0.25, 0.3) is 11.5 Å². The molecule has 0 aromatic carbocycles. The van der Waals surface area contributed by atoms with Crippen LogP contribution in [0, 0.1) is 0 Å². The Labute approximate surface area is 139 Å². The Hall–Kier alpha value is -2.19. The van der Waals surface area contributed by atoms with Gasteiger partial charge in [-0.3, -0.25) is 4.79 Å². The predicted molar refractivity (Wildman–Crippen MR) is 88.9 cm³/mol. The minimum absolute atomic E-state index is 0.164. The summed E-state index contributed by atoms with van der Waals surface area (Å²) >= 11 is 0. The van der Waals surface area contributed by atoms with E-state index in [1.807, 2.05) is 0 Å². The van der Waals surface area contributed by atoms with Gasteiger partial charge >= 0.3 is 0 Å². The molecule has 8 heteroatoms. The van der Waals surface area contributed by atoms with Crippen LogP contribution in [0.3, 0.4) is 0 Å². The van der Waals surface area contributed by atoms with Crippen LogP contribution in [0.2, 0.25) is 0 Å². The molecular formula is C16H19N3O4S. The second-order valence-electron chi connectivity index (χ2n) is 5.68. The van der Waals surface area contributed by atoms with E-state index in [-0.39, 0.29) is 16.4 Å². The SMILES string of the molecule is O=c1ccc(-c2ccc(S(=O)(=O)NCCC3=CCCCC3)o2)n[nH]1. The number of nitrogens with one attached hydrogen (secondary N) is 2. The molecule has 0 saturated carbocycles. The molecule has 3 rings (SSSR count). The number of aromatic amines is 1. The maximum atomic E-state index is 12.3. The summed E-state index contributed by atoms with van der Waals surface area (Å²) in [6.07, 6.45) is 7.43. The minimum Gasteiger partial charge on any atom is -0.442 e. The first-order chi connectivity index (χ1) is 11.5. The van der Waals surface area contributed by atoms with Crippen molar-refractivity contribution in [3.8, 4) is 11.5 Å². The number of hydrogen-bond donors (Lipinski definition) is 2. The molecule has 2 N–H and O–H groups in total. The fourth-order valence-electron chi connectivity index (χ4n) is 2.63. The van der Waals surface area contributed by atoms with E-state index in [2.05, 4.69) is 21.0 Å². The van der Waals surface area contributed by atoms with Gasteiger partial charge in [0, 0.05) is 12.6 Å². The zero-order valence-electron chi connectivity index (χ0n) is 13.1. The van der Waals surface area contributed by atoms with Crippen molar-refractivity contribution in [1.82, 2.24) is 14.9 Å². The van der Waals surface area contributed by atoms with E-state index in [0.717, 1.165) is 12.8 Å². The molecule has 0 spiro atoms. The maximum absolute atomic E-state index is 12.3. The van der Waals surface area contributed by atoms with E-state index < -0.39 is 10.0 Å². The van der Waals surface area contributed by atoms with Gasteiger partial charge in [0.25, 0.3) is 15.6 Å². The second kappa shape index (κ2) is 7.14. The summed E-state index contributed by atoms with van der Waals surface area (Å²) in [5.74, 6) is 0.279. The molecule has 0 amide bonds. The lowest BCUT2D eigenvalue weighted by Crippen LogP contribution is -2.24. The first-order valence-electron chi connectivity index (χ1n) is 7.88. The summed E-state index contributed by atoms with van der Waals surface area (Å²) in [4.78, 5) is 11.0. The summed E-state index contributed by atoms with van der Waals surface area (Å²) in [6, 6.07) is 5.66. The van der Waals surface area contributed by atoms with Crippen molar-refractivity contribution < 1.29 is 12.8 Å². The molecule has 128 valence electrons. The maximum Gasteiger partial charge on any atom is 0.273 e. The van der Waals surface area contributed by atoms with Gasteiger partial charge in [0.15, 0.2) is 5.76 Å². The summed E-state index contributed by atoms with van der Waals surface area (Å²) in [6.45, 7) is 0.348. The Kier molecular flexibility index (Phi) is 4.96. The average molecular weight is 349 g/mol. The molecule has 24 heavy (non-hydrogen) atoms. The third-order valence-electron chi connectivity index (χ3n) is 3.90. The second-order valence-corrected chi connectivity index (χ2v) is 7.38. The number of rotatable bonds is 6. The number of aromatic nitrogens is 2. The highest BCUT2D eigenvalue weighted by atomic mass is 32.2. The van der Waals surface area contributed by atoms with E-state index in [1.165, 1.54) is 42.7 Å².